The topological polar surface area (TPSA) is 24.1 Å². The average molecular weight is 156 g/mol. The smallest absolute Gasteiger partial charge is 0.208 e. The summed E-state index contributed by atoms with van der Waals surface area (Å²) in [5, 5.41) is 0. The monoisotopic (exact) mass is 156 g/mol. The van der Waals surface area contributed by atoms with Crippen molar-refractivity contribution in [3.63, 3.8) is 0 Å². The van der Waals surface area contributed by atoms with Gasteiger partial charge in [0.15, 0.2) is 0 Å². The Morgan fingerprint density at radius 2 is 2.00 bits per heavy atom. The first-order valence-electron chi connectivity index (χ1n) is 3.71. The highest BCUT2D eigenvalue weighted by Gasteiger charge is 2.12. The quantitative estimate of drug-likeness (QED) is 0.566. The lowest BCUT2D eigenvalue weighted by Gasteiger charge is -2.18. The summed E-state index contributed by atoms with van der Waals surface area (Å²) in [4.78, 5) is 0. The minimum Gasteiger partial charge on any atom is -0.303 e. The van der Waals surface area contributed by atoms with Gasteiger partial charge in [0.25, 0.3) is 0 Å². The Kier molecular flexibility index (Phi) is 2.17. The fourth-order valence-corrected chi connectivity index (χ4v) is 0.978. The van der Waals surface area contributed by atoms with Crippen molar-refractivity contribution in [3.8, 4) is 0 Å². The van der Waals surface area contributed by atoms with Gasteiger partial charge in [-0.05, 0) is 18.9 Å². The number of halogens is 1. The second-order valence-electron chi connectivity index (χ2n) is 3.00. The lowest BCUT2D eigenvalue weighted by atomic mass is 10.0. The summed E-state index contributed by atoms with van der Waals surface area (Å²) < 4.78 is 12.9. The summed E-state index contributed by atoms with van der Waals surface area (Å²) in [5.74, 6) is -0.0508. The van der Waals surface area contributed by atoms with Crippen LogP contribution in [0.2, 0.25) is 0 Å². The van der Waals surface area contributed by atoms with Crippen LogP contribution in [-0.2, 0) is 0 Å². The number of hydrazine groups is 1. The van der Waals surface area contributed by atoms with Gasteiger partial charge in [0.05, 0.1) is 0 Å². The van der Waals surface area contributed by atoms with Crippen LogP contribution < -0.4 is 10.9 Å². The molecule has 11 heavy (non-hydrogen) atoms. The van der Waals surface area contributed by atoms with Crippen molar-refractivity contribution in [2.24, 2.45) is 5.92 Å². The van der Waals surface area contributed by atoms with E-state index in [2.05, 4.69) is 10.9 Å². The van der Waals surface area contributed by atoms with Crippen LogP contribution in [0.1, 0.15) is 20.8 Å². The van der Waals surface area contributed by atoms with Gasteiger partial charge in [-0.1, -0.05) is 13.8 Å². The molecule has 0 saturated heterocycles. The van der Waals surface area contributed by atoms with Gasteiger partial charge in [-0.15, -0.1) is 0 Å². The molecule has 0 aromatic carbocycles. The van der Waals surface area contributed by atoms with E-state index in [1.165, 1.54) is 0 Å². The Morgan fingerprint density at radius 1 is 1.36 bits per heavy atom. The molecule has 0 amide bonds. The number of hydrogen-bond donors (Lipinski definition) is 2. The third-order valence-electron chi connectivity index (χ3n) is 1.62. The van der Waals surface area contributed by atoms with E-state index in [0.717, 1.165) is 11.3 Å². The largest absolute Gasteiger partial charge is 0.303 e. The van der Waals surface area contributed by atoms with Crippen molar-refractivity contribution in [2.75, 3.05) is 0 Å². The van der Waals surface area contributed by atoms with Crippen LogP contribution in [0.15, 0.2) is 23.3 Å². The second-order valence-corrected chi connectivity index (χ2v) is 3.00. The van der Waals surface area contributed by atoms with Gasteiger partial charge in [-0.3, -0.25) is 5.43 Å². The summed E-state index contributed by atoms with van der Waals surface area (Å²) >= 11 is 0. The summed E-state index contributed by atoms with van der Waals surface area (Å²) in [6.45, 7) is 5.82. The molecule has 0 unspecified atom stereocenters. The summed E-state index contributed by atoms with van der Waals surface area (Å²) in [7, 11) is 0. The summed E-state index contributed by atoms with van der Waals surface area (Å²) in [6, 6.07) is 0. The van der Waals surface area contributed by atoms with Crippen molar-refractivity contribution in [2.45, 2.75) is 20.8 Å². The average Bonchev–Trinajstić information content (AvgIpc) is 1.94. The first kappa shape index (κ1) is 8.11. The van der Waals surface area contributed by atoms with Gasteiger partial charge >= 0.3 is 0 Å². The lowest BCUT2D eigenvalue weighted by Crippen LogP contribution is -2.32. The van der Waals surface area contributed by atoms with E-state index in [4.69, 9.17) is 0 Å². The third-order valence-corrected chi connectivity index (χ3v) is 1.62. The molecule has 0 bridgehead atoms. The van der Waals surface area contributed by atoms with Gasteiger partial charge in [0.2, 0.25) is 5.95 Å². The van der Waals surface area contributed by atoms with Crippen LogP contribution in [0.3, 0.4) is 0 Å². The molecule has 2 nitrogen and oxygen atoms in total. The van der Waals surface area contributed by atoms with E-state index in [9.17, 15) is 4.39 Å². The Morgan fingerprint density at radius 3 is 2.45 bits per heavy atom. The van der Waals surface area contributed by atoms with Crippen LogP contribution in [0.4, 0.5) is 4.39 Å². The minimum atomic E-state index is -0.273. The molecule has 1 heterocycles. The molecule has 2 N–H and O–H groups in total. The zero-order valence-electron chi connectivity index (χ0n) is 7.03. The molecule has 0 atom stereocenters. The highest BCUT2D eigenvalue weighted by Crippen LogP contribution is 2.18. The van der Waals surface area contributed by atoms with Crippen molar-refractivity contribution in [1.29, 1.82) is 0 Å². The SMILES string of the molecule is CC1=CC(C(C)C)=C(F)NN1. The number of hydrogen-bond acceptors (Lipinski definition) is 2. The fraction of sp³-hybridized carbons (Fsp3) is 0.500. The van der Waals surface area contributed by atoms with E-state index >= 15 is 0 Å². The van der Waals surface area contributed by atoms with Crippen LogP contribution in [0.5, 0.6) is 0 Å². The van der Waals surface area contributed by atoms with Crippen molar-refractivity contribution < 1.29 is 4.39 Å². The molecule has 0 aromatic rings. The van der Waals surface area contributed by atoms with E-state index < -0.39 is 0 Å². The Balaban J connectivity index is 2.89. The predicted molar refractivity (Wildman–Crippen MR) is 43.0 cm³/mol. The third kappa shape index (κ3) is 1.73. The maximum atomic E-state index is 12.9. The van der Waals surface area contributed by atoms with Gasteiger partial charge in [0.1, 0.15) is 0 Å². The first-order valence-corrected chi connectivity index (χ1v) is 3.71. The molecule has 0 saturated carbocycles. The number of nitrogens with one attached hydrogen (secondary N) is 2. The van der Waals surface area contributed by atoms with Gasteiger partial charge in [0, 0.05) is 11.3 Å². The zero-order chi connectivity index (χ0) is 8.43. The van der Waals surface area contributed by atoms with E-state index in [0.29, 0.717) is 0 Å². The minimum absolute atomic E-state index is 0.222. The zero-order valence-corrected chi connectivity index (χ0v) is 7.03. The normalized spacial score (nSPS) is 17.7. The summed E-state index contributed by atoms with van der Waals surface area (Å²) in [5.41, 5.74) is 6.82. The maximum absolute atomic E-state index is 12.9. The molecule has 1 aliphatic heterocycles. The highest BCUT2D eigenvalue weighted by atomic mass is 19.1. The van der Waals surface area contributed by atoms with Gasteiger partial charge < -0.3 is 5.43 Å². The molecule has 0 spiro atoms. The Bertz CT molecular complexity index is 216. The molecule has 62 valence electrons. The highest BCUT2D eigenvalue weighted by molar-refractivity contribution is 5.28. The second kappa shape index (κ2) is 2.95. The predicted octanol–water partition coefficient (Wildman–Crippen LogP) is 1.84. The van der Waals surface area contributed by atoms with Crippen LogP contribution in [0.25, 0.3) is 0 Å². The van der Waals surface area contributed by atoms with Crippen LogP contribution in [-0.4, -0.2) is 0 Å². The van der Waals surface area contributed by atoms with Crippen LogP contribution >= 0.6 is 0 Å². The lowest BCUT2D eigenvalue weighted by molar-refractivity contribution is 0.474. The molecule has 0 radical (unpaired) electrons. The molecule has 0 fully saturated rings. The molecule has 1 rings (SSSR count). The van der Waals surface area contributed by atoms with E-state index in [1.54, 1.807) is 0 Å². The van der Waals surface area contributed by atoms with Gasteiger partial charge in [-0.25, -0.2) is 0 Å². The van der Waals surface area contributed by atoms with Gasteiger partial charge in [-0.2, -0.15) is 4.39 Å². The van der Waals surface area contributed by atoms with Crippen molar-refractivity contribution in [1.82, 2.24) is 10.9 Å². The summed E-state index contributed by atoms with van der Waals surface area (Å²) in [6.07, 6.45) is 1.82. The number of allylic oxidation sites excluding steroid dienone is 3. The Hall–Kier alpha value is -0.990. The van der Waals surface area contributed by atoms with E-state index in [1.807, 2.05) is 26.8 Å². The standard InChI is InChI=1S/C8H13FN2/c1-5(2)7-4-6(3)10-11-8(7)9/h4-5,10-11H,1-3H3. The molecular weight excluding hydrogens is 143 g/mol. The molecule has 3 heteroatoms. The van der Waals surface area contributed by atoms with Crippen LogP contribution in [0, 0.1) is 5.92 Å². The maximum Gasteiger partial charge on any atom is 0.208 e. The molecular formula is C8H13FN2. The molecule has 0 aromatic heterocycles. The number of rotatable bonds is 1. The van der Waals surface area contributed by atoms with Crippen molar-refractivity contribution in [3.05, 3.63) is 23.3 Å². The fourth-order valence-electron chi connectivity index (χ4n) is 0.978. The molecule has 1 aliphatic rings. The van der Waals surface area contributed by atoms with Crippen molar-refractivity contribution >= 4 is 0 Å². The first-order chi connectivity index (χ1) is 5.11. The Labute approximate surface area is 66.1 Å². The molecule has 0 aliphatic carbocycles. The van der Waals surface area contributed by atoms with E-state index in [-0.39, 0.29) is 11.9 Å².